The Hall–Kier alpha value is -3.91. The molecule has 2 aromatic carbocycles. The molecule has 1 saturated heterocycles. The van der Waals surface area contributed by atoms with Gasteiger partial charge in [0.15, 0.2) is 5.11 Å². The number of para-hydroxylation sites is 2. The van der Waals surface area contributed by atoms with Crippen molar-refractivity contribution >= 4 is 40.9 Å². The van der Waals surface area contributed by atoms with E-state index < -0.39 is 11.8 Å². The number of benzene rings is 2. The number of nitrogens with one attached hydrogen (secondary N) is 1. The van der Waals surface area contributed by atoms with Gasteiger partial charge in [0.05, 0.1) is 19.9 Å². The Kier molecular flexibility index (Phi) is 5.55. The molecule has 1 N–H and O–H groups in total. The second kappa shape index (κ2) is 8.45. The van der Waals surface area contributed by atoms with Crippen LogP contribution in [0.2, 0.25) is 0 Å². The Balaban J connectivity index is 1.74. The lowest BCUT2D eigenvalue weighted by Crippen LogP contribution is -2.54. The first kappa shape index (κ1) is 20.4. The topological polar surface area (TPSA) is 72.8 Å². The standard InChI is InChI=1S/C23H19N3O4S/c1-29-17-11-9-15(10-12-17)25-13-5-6-16(25)14-18-21(27)24-23(31)26(22(18)28)19-7-3-4-8-20(19)30-2/h3-14H,1-2H3,(H,24,27,31)/b18-14+. The number of anilines is 1. The van der Waals surface area contributed by atoms with Crippen LogP contribution in [0.1, 0.15) is 5.69 Å². The first-order chi connectivity index (χ1) is 15.0. The number of nitrogens with zero attached hydrogens (tertiary/aromatic N) is 2. The number of hydrogen-bond donors (Lipinski definition) is 1. The molecule has 1 aliphatic rings. The van der Waals surface area contributed by atoms with Crippen molar-refractivity contribution in [3.63, 3.8) is 0 Å². The van der Waals surface area contributed by atoms with Crippen LogP contribution in [0.3, 0.4) is 0 Å². The number of carbonyl (C=O) groups excluding carboxylic acids is 2. The van der Waals surface area contributed by atoms with E-state index in [0.717, 1.165) is 11.4 Å². The van der Waals surface area contributed by atoms with Gasteiger partial charge in [0.25, 0.3) is 11.8 Å². The van der Waals surface area contributed by atoms with Crippen LogP contribution in [0, 0.1) is 0 Å². The van der Waals surface area contributed by atoms with Gasteiger partial charge in [0.1, 0.15) is 17.1 Å². The first-order valence-electron chi connectivity index (χ1n) is 9.39. The molecule has 1 aromatic heterocycles. The van der Waals surface area contributed by atoms with E-state index >= 15 is 0 Å². The highest BCUT2D eigenvalue weighted by atomic mass is 32.1. The molecule has 4 rings (SSSR count). The Morgan fingerprint density at radius 2 is 1.68 bits per heavy atom. The highest BCUT2D eigenvalue weighted by Gasteiger charge is 2.36. The normalized spacial score (nSPS) is 15.2. The molecule has 0 saturated carbocycles. The maximum absolute atomic E-state index is 13.3. The summed E-state index contributed by atoms with van der Waals surface area (Å²) in [4.78, 5) is 27.2. The molecule has 8 heteroatoms. The lowest BCUT2D eigenvalue weighted by atomic mass is 10.1. The number of rotatable bonds is 5. The molecule has 7 nitrogen and oxygen atoms in total. The van der Waals surface area contributed by atoms with E-state index in [4.69, 9.17) is 21.7 Å². The molecule has 2 heterocycles. The van der Waals surface area contributed by atoms with Crippen molar-refractivity contribution in [2.75, 3.05) is 19.1 Å². The zero-order valence-corrected chi connectivity index (χ0v) is 17.7. The largest absolute Gasteiger partial charge is 0.497 e. The summed E-state index contributed by atoms with van der Waals surface area (Å²) in [5.74, 6) is 0.123. The van der Waals surface area contributed by atoms with E-state index in [2.05, 4.69) is 5.32 Å². The average molecular weight is 433 g/mol. The third-order valence-electron chi connectivity index (χ3n) is 4.85. The predicted octanol–water partition coefficient (Wildman–Crippen LogP) is 3.33. The number of methoxy groups -OCH3 is 2. The quantitative estimate of drug-likeness (QED) is 0.380. The summed E-state index contributed by atoms with van der Waals surface area (Å²) in [6.45, 7) is 0. The molecule has 0 unspecified atom stereocenters. The van der Waals surface area contributed by atoms with Crippen LogP contribution in [0.4, 0.5) is 5.69 Å². The number of carbonyl (C=O) groups is 2. The van der Waals surface area contributed by atoms with E-state index in [9.17, 15) is 9.59 Å². The van der Waals surface area contributed by atoms with Crippen molar-refractivity contribution in [2.24, 2.45) is 0 Å². The second-order valence-electron chi connectivity index (χ2n) is 6.63. The van der Waals surface area contributed by atoms with Crippen molar-refractivity contribution in [1.29, 1.82) is 0 Å². The number of amides is 2. The molecule has 0 atom stereocenters. The highest BCUT2D eigenvalue weighted by Crippen LogP contribution is 2.31. The molecule has 2 amide bonds. The third kappa shape index (κ3) is 3.80. The molecule has 31 heavy (non-hydrogen) atoms. The Labute approximate surface area is 184 Å². The van der Waals surface area contributed by atoms with Gasteiger partial charge in [0, 0.05) is 17.6 Å². The average Bonchev–Trinajstić information content (AvgIpc) is 3.25. The summed E-state index contributed by atoms with van der Waals surface area (Å²) in [6, 6.07) is 18.1. The van der Waals surface area contributed by atoms with Gasteiger partial charge in [-0.3, -0.25) is 14.9 Å². The zero-order chi connectivity index (χ0) is 22.0. The van der Waals surface area contributed by atoms with Crippen LogP contribution in [0.15, 0.2) is 72.4 Å². The van der Waals surface area contributed by atoms with Gasteiger partial charge < -0.3 is 14.0 Å². The Bertz CT molecular complexity index is 1200. The number of aromatic nitrogens is 1. The van der Waals surface area contributed by atoms with E-state index in [0.29, 0.717) is 17.1 Å². The number of ether oxygens (including phenoxy) is 2. The van der Waals surface area contributed by atoms with Crippen LogP contribution < -0.4 is 19.7 Å². The molecule has 0 radical (unpaired) electrons. The SMILES string of the molecule is COc1ccc(-n2cccc2/C=C2\C(=O)NC(=S)N(c3ccccc3OC)C2=O)cc1. The van der Waals surface area contributed by atoms with Gasteiger partial charge in [0.2, 0.25) is 0 Å². The van der Waals surface area contributed by atoms with Crippen molar-refractivity contribution in [2.45, 2.75) is 0 Å². The number of thiocarbonyl (C=S) groups is 1. The molecular formula is C23H19N3O4S. The molecule has 1 fully saturated rings. The number of hydrogen-bond acceptors (Lipinski definition) is 5. The lowest BCUT2D eigenvalue weighted by Gasteiger charge is -2.29. The Morgan fingerprint density at radius 3 is 2.39 bits per heavy atom. The van der Waals surface area contributed by atoms with E-state index in [1.165, 1.54) is 12.0 Å². The van der Waals surface area contributed by atoms with E-state index in [1.54, 1.807) is 37.5 Å². The van der Waals surface area contributed by atoms with Gasteiger partial charge in [-0.1, -0.05) is 12.1 Å². The maximum Gasteiger partial charge on any atom is 0.270 e. The minimum atomic E-state index is -0.552. The molecule has 0 spiro atoms. The summed E-state index contributed by atoms with van der Waals surface area (Å²) in [7, 11) is 3.11. The fourth-order valence-corrected chi connectivity index (χ4v) is 3.60. The van der Waals surface area contributed by atoms with Crippen molar-refractivity contribution in [3.8, 4) is 17.2 Å². The molecular weight excluding hydrogens is 414 g/mol. The van der Waals surface area contributed by atoms with Crippen LogP contribution in [-0.4, -0.2) is 35.7 Å². The highest BCUT2D eigenvalue weighted by molar-refractivity contribution is 7.80. The fourth-order valence-electron chi connectivity index (χ4n) is 3.33. The summed E-state index contributed by atoms with van der Waals surface area (Å²) in [5, 5.41) is 2.60. The van der Waals surface area contributed by atoms with Crippen LogP contribution >= 0.6 is 12.2 Å². The first-order valence-corrected chi connectivity index (χ1v) is 9.80. The van der Waals surface area contributed by atoms with Gasteiger partial charge in [-0.05, 0) is 66.8 Å². The fraction of sp³-hybridized carbons (Fsp3) is 0.0870. The van der Waals surface area contributed by atoms with Crippen LogP contribution in [0.5, 0.6) is 11.5 Å². The monoisotopic (exact) mass is 433 g/mol. The van der Waals surface area contributed by atoms with E-state index in [1.807, 2.05) is 47.2 Å². The van der Waals surface area contributed by atoms with Gasteiger partial charge in [-0.25, -0.2) is 4.90 Å². The smallest absolute Gasteiger partial charge is 0.270 e. The molecule has 3 aromatic rings. The maximum atomic E-state index is 13.3. The second-order valence-corrected chi connectivity index (χ2v) is 7.02. The molecule has 1 aliphatic heterocycles. The van der Waals surface area contributed by atoms with Gasteiger partial charge >= 0.3 is 0 Å². The summed E-state index contributed by atoms with van der Waals surface area (Å²) >= 11 is 5.27. The molecule has 0 aliphatic carbocycles. The van der Waals surface area contributed by atoms with E-state index in [-0.39, 0.29) is 10.7 Å². The third-order valence-corrected chi connectivity index (χ3v) is 5.14. The van der Waals surface area contributed by atoms with Crippen molar-refractivity contribution < 1.29 is 19.1 Å². The van der Waals surface area contributed by atoms with Crippen LogP contribution in [0.25, 0.3) is 11.8 Å². The van der Waals surface area contributed by atoms with Gasteiger partial charge in [-0.2, -0.15) is 0 Å². The molecule has 0 bridgehead atoms. The van der Waals surface area contributed by atoms with Crippen LogP contribution in [-0.2, 0) is 9.59 Å². The zero-order valence-electron chi connectivity index (χ0n) is 16.9. The predicted molar refractivity (Wildman–Crippen MR) is 122 cm³/mol. The molecule has 156 valence electrons. The minimum Gasteiger partial charge on any atom is -0.497 e. The minimum absolute atomic E-state index is 0.00203. The lowest BCUT2D eigenvalue weighted by molar-refractivity contribution is -0.122. The van der Waals surface area contributed by atoms with Gasteiger partial charge in [-0.15, -0.1) is 0 Å². The summed E-state index contributed by atoms with van der Waals surface area (Å²) in [5.41, 5.74) is 1.94. The van der Waals surface area contributed by atoms with Crippen molar-refractivity contribution in [1.82, 2.24) is 9.88 Å². The summed E-state index contributed by atoms with van der Waals surface area (Å²) in [6.07, 6.45) is 3.40. The summed E-state index contributed by atoms with van der Waals surface area (Å²) < 4.78 is 12.4. The Morgan fingerprint density at radius 1 is 0.935 bits per heavy atom. The van der Waals surface area contributed by atoms with Crippen molar-refractivity contribution in [3.05, 3.63) is 78.1 Å².